The van der Waals surface area contributed by atoms with Crippen molar-refractivity contribution < 1.29 is 17.6 Å². The van der Waals surface area contributed by atoms with Gasteiger partial charge in [-0.05, 0) is 60.7 Å². The van der Waals surface area contributed by atoms with Crippen molar-refractivity contribution in [2.24, 2.45) is 9.98 Å². The van der Waals surface area contributed by atoms with Gasteiger partial charge in [0, 0.05) is 10.0 Å². The number of furan rings is 1. The van der Waals surface area contributed by atoms with Crippen LogP contribution in [-0.2, 0) is 13.1 Å². The van der Waals surface area contributed by atoms with Crippen LogP contribution in [0.2, 0.25) is 10.0 Å². The van der Waals surface area contributed by atoms with E-state index < -0.39 is 0 Å². The van der Waals surface area contributed by atoms with Crippen LogP contribution in [0.5, 0.6) is 0 Å². The van der Waals surface area contributed by atoms with Gasteiger partial charge in [-0.3, -0.25) is 9.98 Å². The van der Waals surface area contributed by atoms with Gasteiger partial charge in [0.15, 0.2) is 0 Å². The van der Waals surface area contributed by atoms with E-state index >= 15 is 0 Å². The molecule has 2 aromatic carbocycles. The fourth-order valence-electron chi connectivity index (χ4n) is 1.84. The first kappa shape index (κ1) is 21.0. The number of hydrogen-bond acceptors (Lipinski definition) is 3. The fourth-order valence-corrected chi connectivity index (χ4v) is 2.09. The summed E-state index contributed by atoms with van der Waals surface area (Å²) in [5.74, 6) is 1.30. The van der Waals surface area contributed by atoms with Crippen LogP contribution in [0.15, 0.2) is 75.1 Å². The van der Waals surface area contributed by atoms with Crippen molar-refractivity contribution in [3.63, 3.8) is 0 Å². The van der Waals surface area contributed by atoms with E-state index in [2.05, 4.69) is 9.98 Å². The van der Waals surface area contributed by atoms with Gasteiger partial charge in [-0.2, -0.15) is 0 Å². The molecule has 3 nitrogen and oxygen atoms in total. The molecule has 0 bridgehead atoms. The molecular formula is C18H12Cl4FeN2O. The van der Waals surface area contributed by atoms with Crippen LogP contribution < -0.4 is 0 Å². The standard InChI is InChI=1S/C18H12Cl2N2O.2ClH.Fe/c19-13-1-5-15(6-2-13)21-11-17-9-10-18(23-17)12-22-16-7-3-14(20)4-8-16;;;/h1-12H;2*1H;/q;;;+2/p-2. The zero-order valence-corrected chi connectivity index (χ0v) is 17.2. The number of hydrogen-bond donors (Lipinski definition) is 0. The molecule has 0 unspecified atom stereocenters. The molecule has 0 aliphatic rings. The van der Waals surface area contributed by atoms with Crippen molar-refractivity contribution in [1.29, 1.82) is 0 Å². The van der Waals surface area contributed by atoms with E-state index in [0.29, 0.717) is 21.6 Å². The Morgan fingerprint density at radius 3 is 1.35 bits per heavy atom. The molecule has 3 rings (SSSR count). The predicted octanol–water partition coefficient (Wildman–Crippen LogP) is 7.46. The number of rotatable bonds is 4. The Morgan fingerprint density at radius 1 is 0.654 bits per heavy atom. The molecule has 0 fully saturated rings. The second-order valence-corrected chi connectivity index (χ2v) is 7.46. The zero-order valence-electron chi connectivity index (χ0n) is 13.1. The topological polar surface area (TPSA) is 37.9 Å². The summed E-state index contributed by atoms with van der Waals surface area (Å²) in [5.41, 5.74) is 1.62. The van der Waals surface area contributed by atoms with Gasteiger partial charge < -0.3 is 4.42 Å². The third-order valence-corrected chi connectivity index (χ3v) is 3.49. The third kappa shape index (κ3) is 7.55. The number of halogens is 4. The molecule has 0 N–H and O–H groups in total. The van der Waals surface area contributed by atoms with Crippen LogP contribution in [-0.4, -0.2) is 12.4 Å². The molecule has 0 aliphatic carbocycles. The molecule has 0 spiro atoms. The van der Waals surface area contributed by atoms with Gasteiger partial charge in [0.05, 0.1) is 23.8 Å². The summed E-state index contributed by atoms with van der Waals surface area (Å²) in [6.45, 7) is 0. The van der Waals surface area contributed by atoms with Gasteiger partial charge in [-0.15, -0.1) is 0 Å². The van der Waals surface area contributed by atoms with E-state index in [1.807, 2.05) is 36.4 Å². The van der Waals surface area contributed by atoms with E-state index in [9.17, 15) is 0 Å². The van der Waals surface area contributed by atoms with Gasteiger partial charge in [-0.25, -0.2) is 0 Å². The summed E-state index contributed by atoms with van der Waals surface area (Å²) in [7, 11) is 9.53. The maximum atomic E-state index is 5.83. The van der Waals surface area contributed by atoms with Gasteiger partial charge in [0.1, 0.15) is 11.5 Å². The quantitative estimate of drug-likeness (QED) is 0.288. The molecule has 0 aliphatic heterocycles. The molecule has 0 saturated carbocycles. The van der Waals surface area contributed by atoms with Gasteiger partial charge in [-0.1, -0.05) is 23.2 Å². The summed E-state index contributed by atoms with van der Waals surface area (Å²) in [5, 5.41) is 1.37. The van der Waals surface area contributed by atoms with Crippen LogP contribution in [0.1, 0.15) is 11.5 Å². The normalized spacial score (nSPS) is 11.1. The van der Waals surface area contributed by atoms with E-state index in [0.717, 1.165) is 11.4 Å². The fraction of sp³-hybridized carbons (Fsp3) is 0. The Hall–Kier alpha value is -1.26. The monoisotopic (exact) mass is 468 g/mol. The molecule has 0 radical (unpaired) electrons. The molecule has 0 atom stereocenters. The van der Waals surface area contributed by atoms with Crippen molar-refractivity contribution >= 4 is 67.2 Å². The number of nitrogens with zero attached hydrogens (tertiary/aromatic N) is 2. The summed E-state index contributed by atoms with van der Waals surface area (Å²) in [6, 6.07) is 18.2. The molecule has 136 valence electrons. The molecule has 0 amide bonds. The van der Waals surface area contributed by atoms with Crippen molar-refractivity contribution in [3.8, 4) is 0 Å². The van der Waals surface area contributed by atoms with Crippen LogP contribution in [0.4, 0.5) is 11.4 Å². The van der Waals surface area contributed by atoms with E-state index in [1.54, 1.807) is 36.7 Å². The van der Waals surface area contributed by atoms with Crippen LogP contribution in [0, 0.1) is 0 Å². The SMILES string of the molecule is Clc1ccc(N=Cc2ccc(C=Nc3ccc(Cl)cc3)o2)cc1.[Cl][Fe][Cl]. The summed E-state index contributed by atoms with van der Waals surface area (Å²) in [4.78, 5) is 8.64. The van der Waals surface area contributed by atoms with E-state index in [1.165, 1.54) is 0 Å². The molecular weight excluding hydrogens is 458 g/mol. The van der Waals surface area contributed by atoms with Crippen LogP contribution in [0.25, 0.3) is 0 Å². The predicted molar refractivity (Wildman–Crippen MR) is 108 cm³/mol. The van der Waals surface area contributed by atoms with Gasteiger partial charge in [0.25, 0.3) is 0 Å². The van der Waals surface area contributed by atoms with Crippen molar-refractivity contribution in [1.82, 2.24) is 0 Å². The number of aliphatic imine (C=N–C) groups is 2. The van der Waals surface area contributed by atoms with Crippen molar-refractivity contribution in [2.75, 3.05) is 0 Å². The maximum absolute atomic E-state index is 5.83. The number of benzene rings is 2. The molecule has 8 heteroatoms. The summed E-state index contributed by atoms with van der Waals surface area (Å²) in [6.07, 6.45) is 3.31. The van der Waals surface area contributed by atoms with Crippen LogP contribution >= 0.6 is 43.4 Å². The zero-order chi connectivity index (χ0) is 18.8. The van der Waals surface area contributed by atoms with Gasteiger partial charge in [0.2, 0.25) is 0 Å². The Morgan fingerprint density at radius 2 is 1.00 bits per heavy atom. The first-order valence-electron chi connectivity index (χ1n) is 7.15. The average Bonchev–Trinajstić information content (AvgIpc) is 3.09. The Labute approximate surface area is 176 Å². The second kappa shape index (κ2) is 11.5. The van der Waals surface area contributed by atoms with E-state index in [4.69, 9.17) is 47.8 Å². The second-order valence-electron chi connectivity index (χ2n) is 4.76. The molecule has 1 aromatic heterocycles. The minimum atomic E-state index is 0.194. The minimum absolute atomic E-state index is 0.194. The summed E-state index contributed by atoms with van der Waals surface area (Å²) >= 11 is 11.9. The molecule has 26 heavy (non-hydrogen) atoms. The van der Waals surface area contributed by atoms with Crippen molar-refractivity contribution in [3.05, 3.63) is 82.2 Å². The Kier molecular flexibility index (Phi) is 9.27. The molecule has 0 saturated heterocycles. The molecule has 1 heterocycles. The van der Waals surface area contributed by atoms with Gasteiger partial charge >= 0.3 is 33.3 Å². The van der Waals surface area contributed by atoms with Crippen LogP contribution in [0.3, 0.4) is 0 Å². The first-order valence-corrected chi connectivity index (χ1v) is 10.9. The molecule has 3 aromatic rings. The average molecular weight is 470 g/mol. The summed E-state index contributed by atoms with van der Waals surface area (Å²) < 4.78 is 5.62. The Balaban J connectivity index is 0.000000758. The van der Waals surface area contributed by atoms with Crippen molar-refractivity contribution in [2.45, 2.75) is 0 Å². The first-order chi connectivity index (χ1) is 12.6. The van der Waals surface area contributed by atoms with E-state index in [-0.39, 0.29) is 13.1 Å². The Bertz CT molecular complexity index is 792. The third-order valence-electron chi connectivity index (χ3n) is 2.98.